The second-order valence-electron chi connectivity index (χ2n) is 7.97. The van der Waals surface area contributed by atoms with Crippen LogP contribution in [0.3, 0.4) is 0 Å². The second kappa shape index (κ2) is 9.72. The monoisotopic (exact) mass is 508 g/mol. The molecule has 9 heteroatoms. The Bertz CT molecular complexity index is 1500. The Labute approximate surface area is 207 Å². The standard InChI is InChI=1S/C25H21ClN4O2S2/c26-22-13-19(9-8-17(22)15-34(31,32)21-6-2-1-3-7-21)30-25-24-23(28-16-29-25)14-20(33-24)11-10-18-5-4-12-27-18/h1-3,6-9,13-14,16,18,27H,4-5,12,15H2,(H,28,29,30)/t18-/m0/s1. The first kappa shape index (κ1) is 22.8. The number of fused-ring (bicyclic) bond motifs is 1. The van der Waals surface area contributed by atoms with Crippen molar-refractivity contribution in [3.63, 3.8) is 0 Å². The summed E-state index contributed by atoms with van der Waals surface area (Å²) in [6, 6.07) is 15.8. The fourth-order valence-electron chi connectivity index (χ4n) is 3.77. The Morgan fingerprint density at radius 3 is 2.76 bits per heavy atom. The molecule has 0 unspecified atom stereocenters. The molecule has 0 aliphatic carbocycles. The van der Waals surface area contributed by atoms with Crippen LogP contribution < -0.4 is 10.6 Å². The van der Waals surface area contributed by atoms with E-state index in [2.05, 4.69) is 32.4 Å². The van der Waals surface area contributed by atoms with Crippen LogP contribution in [-0.4, -0.2) is 31.0 Å². The van der Waals surface area contributed by atoms with Crippen molar-refractivity contribution in [3.05, 3.63) is 76.4 Å². The maximum absolute atomic E-state index is 12.7. The lowest BCUT2D eigenvalue weighted by atomic mass is 10.2. The Morgan fingerprint density at radius 2 is 2.00 bits per heavy atom. The molecule has 1 aliphatic rings. The van der Waals surface area contributed by atoms with E-state index in [0.717, 1.165) is 34.5 Å². The van der Waals surface area contributed by atoms with Crippen LogP contribution in [0.1, 0.15) is 23.3 Å². The molecule has 2 aromatic heterocycles. The summed E-state index contributed by atoms with van der Waals surface area (Å²) in [5.74, 6) is 7.02. The number of sulfone groups is 1. The Balaban J connectivity index is 1.36. The van der Waals surface area contributed by atoms with E-state index >= 15 is 0 Å². The van der Waals surface area contributed by atoms with Crippen LogP contribution in [0.4, 0.5) is 11.5 Å². The van der Waals surface area contributed by atoms with E-state index in [1.165, 1.54) is 17.7 Å². The van der Waals surface area contributed by atoms with E-state index in [1.54, 1.807) is 48.5 Å². The molecule has 0 saturated carbocycles. The predicted octanol–water partition coefficient (Wildman–Crippen LogP) is 5.17. The smallest absolute Gasteiger partial charge is 0.182 e. The van der Waals surface area contributed by atoms with Gasteiger partial charge in [-0.25, -0.2) is 18.4 Å². The highest BCUT2D eigenvalue weighted by atomic mass is 35.5. The van der Waals surface area contributed by atoms with Gasteiger partial charge in [-0.3, -0.25) is 0 Å². The number of anilines is 2. The van der Waals surface area contributed by atoms with Crippen LogP contribution >= 0.6 is 22.9 Å². The van der Waals surface area contributed by atoms with E-state index < -0.39 is 9.84 Å². The van der Waals surface area contributed by atoms with Crippen LogP contribution in [0.15, 0.2) is 65.8 Å². The topological polar surface area (TPSA) is 84.0 Å². The fourth-order valence-corrected chi connectivity index (χ4v) is 6.41. The van der Waals surface area contributed by atoms with E-state index in [9.17, 15) is 8.42 Å². The first-order valence-electron chi connectivity index (χ1n) is 10.8. The zero-order valence-corrected chi connectivity index (χ0v) is 20.5. The summed E-state index contributed by atoms with van der Waals surface area (Å²) < 4.78 is 26.3. The molecule has 1 saturated heterocycles. The maximum Gasteiger partial charge on any atom is 0.182 e. The van der Waals surface area contributed by atoms with Gasteiger partial charge in [0.15, 0.2) is 15.7 Å². The van der Waals surface area contributed by atoms with Crippen molar-refractivity contribution in [1.29, 1.82) is 0 Å². The minimum absolute atomic E-state index is 0.170. The third-order valence-electron chi connectivity index (χ3n) is 5.50. The summed E-state index contributed by atoms with van der Waals surface area (Å²) in [6.07, 6.45) is 3.74. The van der Waals surface area contributed by atoms with Gasteiger partial charge in [-0.15, -0.1) is 11.3 Å². The van der Waals surface area contributed by atoms with Crippen molar-refractivity contribution in [2.24, 2.45) is 0 Å². The number of benzene rings is 2. The predicted molar refractivity (Wildman–Crippen MR) is 137 cm³/mol. The Kier molecular flexibility index (Phi) is 6.53. The highest BCUT2D eigenvalue weighted by molar-refractivity contribution is 7.90. The second-order valence-corrected chi connectivity index (χ2v) is 11.4. The average Bonchev–Trinajstić information content (AvgIpc) is 3.50. The number of aromatic nitrogens is 2. The van der Waals surface area contributed by atoms with Gasteiger partial charge in [0.2, 0.25) is 0 Å². The maximum atomic E-state index is 12.7. The van der Waals surface area contributed by atoms with Gasteiger partial charge in [0, 0.05) is 10.7 Å². The molecule has 0 amide bonds. The van der Waals surface area contributed by atoms with E-state index in [4.69, 9.17) is 11.6 Å². The first-order chi connectivity index (χ1) is 16.5. The lowest BCUT2D eigenvalue weighted by Crippen LogP contribution is -2.18. The lowest BCUT2D eigenvalue weighted by Gasteiger charge is -2.10. The van der Waals surface area contributed by atoms with Crippen LogP contribution in [0.2, 0.25) is 5.02 Å². The molecule has 1 fully saturated rings. The number of halogens is 1. The number of nitrogens with zero attached hydrogens (tertiary/aromatic N) is 2. The normalized spacial score (nSPS) is 15.7. The molecular weight excluding hydrogens is 488 g/mol. The zero-order valence-electron chi connectivity index (χ0n) is 18.1. The van der Waals surface area contributed by atoms with Gasteiger partial charge in [-0.2, -0.15) is 0 Å². The summed E-state index contributed by atoms with van der Waals surface area (Å²) in [7, 11) is -3.49. The van der Waals surface area contributed by atoms with Gasteiger partial charge in [0.1, 0.15) is 6.33 Å². The van der Waals surface area contributed by atoms with Crippen molar-refractivity contribution in [2.45, 2.75) is 29.5 Å². The molecule has 34 heavy (non-hydrogen) atoms. The molecule has 0 bridgehead atoms. The summed E-state index contributed by atoms with van der Waals surface area (Å²) in [5.41, 5.74) is 2.07. The number of nitrogens with one attached hydrogen (secondary N) is 2. The molecule has 6 nitrogen and oxygen atoms in total. The van der Waals surface area contributed by atoms with Crippen LogP contribution in [0, 0.1) is 11.8 Å². The molecular formula is C25H21ClN4O2S2. The van der Waals surface area contributed by atoms with Gasteiger partial charge < -0.3 is 10.6 Å². The summed E-state index contributed by atoms with van der Waals surface area (Å²) in [4.78, 5) is 9.97. The number of rotatable bonds is 5. The van der Waals surface area contributed by atoms with Crippen molar-refractivity contribution in [2.75, 3.05) is 11.9 Å². The quantitative estimate of drug-likeness (QED) is 0.362. The molecule has 172 valence electrons. The van der Waals surface area contributed by atoms with Crippen LogP contribution in [0.25, 0.3) is 10.2 Å². The third-order valence-corrected chi connectivity index (χ3v) is 8.58. The highest BCUT2D eigenvalue weighted by Crippen LogP contribution is 2.32. The van der Waals surface area contributed by atoms with E-state index in [-0.39, 0.29) is 16.7 Å². The van der Waals surface area contributed by atoms with Crippen molar-refractivity contribution in [1.82, 2.24) is 15.3 Å². The van der Waals surface area contributed by atoms with Crippen molar-refractivity contribution >= 4 is 54.5 Å². The number of hydrogen-bond donors (Lipinski definition) is 2. The number of hydrogen-bond acceptors (Lipinski definition) is 7. The lowest BCUT2D eigenvalue weighted by molar-refractivity contribution is 0.595. The molecule has 3 heterocycles. The largest absolute Gasteiger partial charge is 0.339 e. The Hall–Kier alpha value is -2.96. The third kappa shape index (κ3) is 5.08. The molecule has 1 aliphatic heterocycles. The van der Waals surface area contributed by atoms with E-state index in [0.29, 0.717) is 22.1 Å². The average molecular weight is 509 g/mol. The summed E-state index contributed by atoms with van der Waals surface area (Å²) >= 11 is 7.99. The molecule has 2 N–H and O–H groups in total. The molecule has 5 rings (SSSR count). The van der Waals surface area contributed by atoms with Gasteiger partial charge in [-0.05, 0) is 55.3 Å². The molecule has 2 aromatic carbocycles. The van der Waals surface area contributed by atoms with Crippen LogP contribution in [0.5, 0.6) is 0 Å². The molecule has 4 aromatic rings. The Morgan fingerprint density at radius 1 is 1.15 bits per heavy atom. The van der Waals surface area contributed by atoms with Gasteiger partial charge >= 0.3 is 0 Å². The molecule has 0 radical (unpaired) electrons. The van der Waals surface area contributed by atoms with Gasteiger partial charge in [0.25, 0.3) is 0 Å². The summed E-state index contributed by atoms with van der Waals surface area (Å²) in [5, 5.41) is 7.04. The first-order valence-corrected chi connectivity index (χ1v) is 13.7. The van der Waals surface area contributed by atoms with Crippen molar-refractivity contribution < 1.29 is 8.42 Å². The molecule has 0 spiro atoms. The number of thiophene rings is 1. The van der Waals surface area contributed by atoms with E-state index in [1.807, 2.05) is 6.07 Å². The molecule has 1 atom stereocenters. The highest BCUT2D eigenvalue weighted by Gasteiger charge is 2.17. The van der Waals surface area contributed by atoms with Gasteiger partial charge in [-0.1, -0.05) is 47.7 Å². The minimum Gasteiger partial charge on any atom is -0.339 e. The fraction of sp³-hybridized carbons (Fsp3) is 0.200. The SMILES string of the molecule is O=S(=O)(Cc1ccc(Nc2ncnc3cc(C#C[C@@H]4CCCN4)sc23)cc1Cl)c1ccccc1. The van der Waals surface area contributed by atoms with Crippen molar-refractivity contribution in [3.8, 4) is 11.8 Å². The van der Waals surface area contributed by atoms with Gasteiger partial charge in [0.05, 0.1) is 31.8 Å². The summed E-state index contributed by atoms with van der Waals surface area (Å²) in [6.45, 7) is 1.02. The zero-order chi connectivity index (χ0) is 23.5. The van der Waals surface area contributed by atoms with Crippen LogP contribution in [-0.2, 0) is 15.6 Å². The minimum atomic E-state index is -3.49.